The first-order valence-electron chi connectivity index (χ1n) is 10.9. The number of aryl methyl sites for hydroxylation is 1. The van der Waals surface area contributed by atoms with Gasteiger partial charge in [-0.25, -0.2) is 4.39 Å². The fourth-order valence-electron chi connectivity index (χ4n) is 3.28. The highest BCUT2D eigenvalue weighted by molar-refractivity contribution is 5.24. The van der Waals surface area contributed by atoms with Crippen LogP contribution in [0.2, 0.25) is 0 Å². The molecule has 1 unspecified atom stereocenters. The average Bonchev–Trinajstić information content (AvgIpc) is 2.75. The Labute approximate surface area is 186 Å². The summed E-state index contributed by atoms with van der Waals surface area (Å²) >= 11 is -0.740. The van der Waals surface area contributed by atoms with E-state index < -0.39 is 27.3 Å². The Kier molecular flexibility index (Phi) is 11.6. The molecule has 0 saturated heterocycles. The molecule has 1 nitrogen and oxygen atoms in total. The standard InChI is InChI=1S/C26H35FIO/c1-3-4-5-6-7-8-9-13-16-24(27)25(26(29)22-14-11-10-12-15-22)28-23-19-17-21(2)18-20-23/h10-12,14-15,17-20,26,29H,3-9,13,16H2,1-2H3/q+1/b25-24+. The number of aliphatic hydroxyl groups is 1. The van der Waals surface area contributed by atoms with Gasteiger partial charge in [0.15, 0.2) is 9.40 Å². The Bertz CT molecular complexity index is 724. The van der Waals surface area contributed by atoms with Gasteiger partial charge in [0.05, 0.1) is 0 Å². The predicted octanol–water partition coefficient (Wildman–Crippen LogP) is 4.70. The van der Waals surface area contributed by atoms with Crippen LogP contribution in [0.5, 0.6) is 0 Å². The van der Waals surface area contributed by atoms with E-state index in [1.165, 1.54) is 44.1 Å². The Morgan fingerprint density at radius 1 is 0.862 bits per heavy atom. The van der Waals surface area contributed by atoms with E-state index in [2.05, 4.69) is 38.1 Å². The van der Waals surface area contributed by atoms with Gasteiger partial charge in [-0.05, 0) is 31.0 Å². The number of hydrogen-bond donors (Lipinski definition) is 1. The SMILES string of the molecule is CCCCCCCCCC/C(F)=C(\[I+]c1ccc(C)cc1)C(O)c1ccccc1. The van der Waals surface area contributed by atoms with Gasteiger partial charge in [-0.3, -0.25) is 0 Å². The van der Waals surface area contributed by atoms with Crippen molar-refractivity contribution in [3.8, 4) is 0 Å². The average molecular weight is 509 g/mol. The van der Waals surface area contributed by atoms with Crippen LogP contribution in [0, 0.1) is 10.5 Å². The Balaban J connectivity index is 1.99. The third-order valence-corrected chi connectivity index (χ3v) is 8.18. The van der Waals surface area contributed by atoms with E-state index >= 15 is 4.39 Å². The molecule has 2 rings (SSSR count). The molecule has 0 fully saturated rings. The Morgan fingerprint density at radius 2 is 1.45 bits per heavy atom. The summed E-state index contributed by atoms with van der Waals surface area (Å²) < 4.78 is 16.9. The Hall–Kier alpha value is -1.20. The minimum atomic E-state index is -0.848. The second-order valence-electron chi connectivity index (χ2n) is 7.68. The fourth-order valence-corrected chi connectivity index (χ4v) is 5.89. The summed E-state index contributed by atoms with van der Waals surface area (Å²) in [6.45, 7) is 4.29. The molecule has 0 heterocycles. The third-order valence-electron chi connectivity index (χ3n) is 5.09. The molecule has 0 aromatic heterocycles. The van der Waals surface area contributed by atoms with Crippen LogP contribution in [0.4, 0.5) is 4.39 Å². The minimum absolute atomic E-state index is 0.0966. The highest BCUT2D eigenvalue weighted by Crippen LogP contribution is 2.22. The van der Waals surface area contributed by atoms with Crippen molar-refractivity contribution in [1.29, 1.82) is 0 Å². The number of benzene rings is 2. The molecule has 0 aliphatic carbocycles. The molecule has 1 atom stereocenters. The maximum Gasteiger partial charge on any atom is 0.359 e. The molecule has 0 amide bonds. The van der Waals surface area contributed by atoms with Gasteiger partial charge in [-0.2, -0.15) is 0 Å². The molecule has 29 heavy (non-hydrogen) atoms. The molecule has 1 N–H and O–H groups in total. The van der Waals surface area contributed by atoms with Crippen molar-refractivity contribution >= 4 is 0 Å². The molecule has 0 saturated carbocycles. The van der Waals surface area contributed by atoms with E-state index in [1.54, 1.807) is 0 Å². The summed E-state index contributed by atoms with van der Waals surface area (Å²) in [5.41, 5.74) is 1.98. The number of unbranched alkanes of at least 4 members (excludes halogenated alkanes) is 7. The van der Waals surface area contributed by atoms with Crippen molar-refractivity contribution in [1.82, 2.24) is 0 Å². The van der Waals surface area contributed by atoms with Gasteiger partial charge in [0.25, 0.3) is 0 Å². The van der Waals surface area contributed by atoms with Crippen molar-refractivity contribution in [3.63, 3.8) is 0 Å². The lowest BCUT2D eigenvalue weighted by atomic mass is 10.1. The van der Waals surface area contributed by atoms with Crippen molar-refractivity contribution in [2.75, 3.05) is 0 Å². The zero-order valence-electron chi connectivity index (χ0n) is 17.8. The summed E-state index contributed by atoms with van der Waals surface area (Å²) in [6, 6.07) is 17.8. The summed E-state index contributed by atoms with van der Waals surface area (Å²) in [5.74, 6) is -0.0966. The van der Waals surface area contributed by atoms with Gasteiger partial charge in [-0.15, -0.1) is 0 Å². The molecule has 3 heteroatoms. The first-order chi connectivity index (χ1) is 14.1. The van der Waals surface area contributed by atoms with E-state index in [9.17, 15) is 5.11 Å². The number of rotatable bonds is 13. The topological polar surface area (TPSA) is 20.2 Å². The molecule has 0 aliphatic heterocycles. The van der Waals surface area contributed by atoms with Gasteiger partial charge in [0.2, 0.25) is 3.58 Å². The van der Waals surface area contributed by atoms with Gasteiger partial charge < -0.3 is 5.11 Å². The van der Waals surface area contributed by atoms with Gasteiger partial charge >= 0.3 is 21.2 Å². The van der Waals surface area contributed by atoms with Crippen molar-refractivity contribution in [2.45, 2.75) is 77.7 Å². The van der Waals surface area contributed by atoms with Crippen molar-refractivity contribution in [2.24, 2.45) is 0 Å². The van der Waals surface area contributed by atoms with Crippen LogP contribution in [0.3, 0.4) is 0 Å². The number of hydrogen-bond acceptors (Lipinski definition) is 1. The van der Waals surface area contributed by atoms with Crippen LogP contribution in [-0.2, 0) is 0 Å². The molecule has 0 bridgehead atoms. The monoisotopic (exact) mass is 509 g/mol. The van der Waals surface area contributed by atoms with E-state index in [-0.39, 0.29) is 5.83 Å². The molecule has 2 aromatic rings. The number of aliphatic hydroxyl groups excluding tert-OH is 1. The summed E-state index contributed by atoms with van der Waals surface area (Å²) in [6.07, 6.45) is 9.16. The summed E-state index contributed by atoms with van der Waals surface area (Å²) in [4.78, 5) is 0. The summed E-state index contributed by atoms with van der Waals surface area (Å²) in [5, 5.41) is 10.9. The van der Waals surface area contributed by atoms with Crippen LogP contribution in [-0.4, -0.2) is 5.11 Å². The minimum Gasteiger partial charge on any atom is -0.379 e. The van der Waals surface area contributed by atoms with Crippen molar-refractivity contribution in [3.05, 3.63) is 78.7 Å². The fraction of sp³-hybridized carbons (Fsp3) is 0.462. The third kappa shape index (κ3) is 9.00. The smallest absolute Gasteiger partial charge is 0.359 e. The lowest BCUT2D eigenvalue weighted by molar-refractivity contribution is -0.586. The zero-order valence-corrected chi connectivity index (χ0v) is 20.0. The molecule has 0 spiro atoms. The van der Waals surface area contributed by atoms with Gasteiger partial charge in [0, 0.05) is 6.42 Å². The molecule has 0 radical (unpaired) electrons. The van der Waals surface area contributed by atoms with Crippen molar-refractivity contribution < 1.29 is 30.7 Å². The van der Waals surface area contributed by atoms with E-state index in [4.69, 9.17) is 0 Å². The molecular formula is C26H35FIO+. The molecule has 2 aromatic carbocycles. The second-order valence-corrected chi connectivity index (χ2v) is 10.6. The van der Waals surface area contributed by atoms with E-state index in [1.807, 2.05) is 30.3 Å². The van der Waals surface area contributed by atoms with Gasteiger partial charge in [0.1, 0.15) is 6.10 Å². The maximum atomic E-state index is 15.2. The highest BCUT2D eigenvalue weighted by atomic mass is 127. The second kappa shape index (κ2) is 13.9. The van der Waals surface area contributed by atoms with Gasteiger partial charge in [-0.1, -0.05) is 99.9 Å². The molecule has 0 aliphatic rings. The highest BCUT2D eigenvalue weighted by Gasteiger charge is 2.32. The quantitative estimate of drug-likeness (QED) is 0.307. The number of halogens is 2. The largest absolute Gasteiger partial charge is 0.379 e. The van der Waals surface area contributed by atoms with E-state index in [0.29, 0.717) is 10.0 Å². The maximum absolute atomic E-state index is 15.2. The lowest BCUT2D eigenvalue weighted by Gasteiger charge is -2.09. The predicted molar refractivity (Wildman–Crippen MR) is 117 cm³/mol. The first-order valence-corrected chi connectivity index (χ1v) is 13.1. The Morgan fingerprint density at radius 3 is 2.07 bits per heavy atom. The van der Waals surface area contributed by atoms with E-state index in [0.717, 1.165) is 22.0 Å². The first kappa shape index (κ1) is 24.1. The molecular weight excluding hydrogens is 474 g/mol. The van der Waals surface area contributed by atoms with Crippen LogP contribution in [0.15, 0.2) is 64.0 Å². The normalized spacial score (nSPS) is 13.2. The van der Waals surface area contributed by atoms with Crippen LogP contribution in [0.1, 0.15) is 81.9 Å². The number of allylic oxidation sites excluding steroid dienone is 1. The molecule has 158 valence electrons. The lowest BCUT2D eigenvalue weighted by Crippen LogP contribution is -3.61. The zero-order chi connectivity index (χ0) is 20.9. The van der Waals surface area contributed by atoms with Crippen LogP contribution in [0.25, 0.3) is 0 Å². The van der Waals surface area contributed by atoms with Crippen LogP contribution >= 0.6 is 0 Å². The summed E-state index contributed by atoms with van der Waals surface area (Å²) in [7, 11) is 0. The van der Waals surface area contributed by atoms with Crippen LogP contribution < -0.4 is 21.2 Å².